The number of primary amides is 1. The highest BCUT2D eigenvalue weighted by Gasteiger charge is 2.38. The van der Waals surface area contributed by atoms with Crippen molar-refractivity contribution in [2.45, 2.75) is 115 Å². The molecular weight excluding hydrogens is 654 g/mol. The zero-order valence-electron chi connectivity index (χ0n) is 30.2. The summed E-state index contributed by atoms with van der Waals surface area (Å²) >= 11 is 1.50. The number of imide groups is 1. The van der Waals surface area contributed by atoms with Gasteiger partial charge in [0, 0.05) is 51.9 Å². The fourth-order valence-corrected chi connectivity index (χ4v) is 6.12. The lowest BCUT2D eigenvalue weighted by atomic mass is 9.93. The number of ether oxygens (including phenoxy) is 2. The molecule has 16 heteroatoms. The van der Waals surface area contributed by atoms with E-state index in [0.29, 0.717) is 65.3 Å². The minimum Gasteiger partial charge on any atom is -0.378 e. The zero-order valence-corrected chi connectivity index (χ0v) is 31.0. The van der Waals surface area contributed by atoms with Gasteiger partial charge in [0.15, 0.2) is 5.78 Å². The molecule has 0 aliphatic carbocycles. The Morgan fingerprint density at radius 3 is 2.16 bits per heavy atom. The lowest BCUT2D eigenvalue weighted by Gasteiger charge is -2.29. The van der Waals surface area contributed by atoms with Crippen LogP contribution in [0.15, 0.2) is 0 Å². The highest BCUT2D eigenvalue weighted by molar-refractivity contribution is 8.00. The maximum atomic E-state index is 12.9. The van der Waals surface area contributed by atoms with Crippen LogP contribution in [0.2, 0.25) is 0 Å². The number of rotatable bonds is 29. The monoisotopic (exact) mass is 715 g/mol. The van der Waals surface area contributed by atoms with Gasteiger partial charge in [-0.15, -0.1) is 11.8 Å². The first-order valence-electron chi connectivity index (χ1n) is 17.4. The minimum absolute atomic E-state index is 0.00291. The number of carbonyl (C=O) groups is 6. The maximum Gasteiger partial charge on any atom is 0.242 e. The van der Waals surface area contributed by atoms with Crippen molar-refractivity contribution >= 4 is 47.1 Å². The summed E-state index contributed by atoms with van der Waals surface area (Å²) in [6.45, 7) is 12.1. The lowest BCUT2D eigenvalue weighted by Crippen LogP contribution is -2.55. The molecule has 1 aliphatic rings. The van der Waals surface area contributed by atoms with Crippen LogP contribution in [0.4, 0.5) is 0 Å². The third-order valence-corrected chi connectivity index (χ3v) is 9.04. The summed E-state index contributed by atoms with van der Waals surface area (Å²) in [4.78, 5) is 75.5. The van der Waals surface area contributed by atoms with Gasteiger partial charge in [0.05, 0.1) is 48.9 Å². The summed E-state index contributed by atoms with van der Waals surface area (Å²) in [6.07, 6.45) is 3.66. The smallest absolute Gasteiger partial charge is 0.242 e. The molecule has 15 nitrogen and oxygen atoms in total. The van der Waals surface area contributed by atoms with Crippen molar-refractivity contribution in [2.24, 2.45) is 11.5 Å². The van der Waals surface area contributed by atoms with E-state index in [9.17, 15) is 28.8 Å². The Hall–Kier alpha value is -2.63. The van der Waals surface area contributed by atoms with Crippen molar-refractivity contribution in [3.8, 4) is 0 Å². The summed E-state index contributed by atoms with van der Waals surface area (Å²) < 4.78 is 10.9. The number of Topliss-reactive ketones (excluding diaryl/α,β-unsaturated/α-hetero) is 1. The van der Waals surface area contributed by atoms with Gasteiger partial charge in [0.2, 0.25) is 29.5 Å². The standard InChI is InChI=1S/C33H61N7O8S/c1-6-7-22-49-25-23-29(44)40(31(25)46)17-13-28(43)36-14-9-8-10-24(30(34)45)39-32(2,3)26(41)11-12-27(42)37-15-18-47-20-21-48-19-16-38-33(4,5)35/h24-25,38-39H,6-23,35H2,1-5H3,(H2,34,45)(H,36,43)(H,37,42). The first kappa shape index (κ1) is 44.4. The second-order valence-corrected chi connectivity index (χ2v) is 14.6. The van der Waals surface area contributed by atoms with Crippen LogP contribution < -0.4 is 32.7 Å². The summed E-state index contributed by atoms with van der Waals surface area (Å²) in [6, 6.07) is -0.774. The van der Waals surface area contributed by atoms with Crippen LogP contribution in [0, 0.1) is 0 Å². The molecule has 0 saturated carbocycles. The molecule has 0 radical (unpaired) electrons. The van der Waals surface area contributed by atoms with Gasteiger partial charge in [0.25, 0.3) is 0 Å². The van der Waals surface area contributed by atoms with Crippen LogP contribution in [-0.2, 0) is 38.2 Å². The number of hydrogen-bond acceptors (Lipinski definition) is 12. The van der Waals surface area contributed by atoms with Crippen molar-refractivity contribution in [1.82, 2.24) is 26.2 Å². The van der Waals surface area contributed by atoms with Gasteiger partial charge in [-0.25, -0.2) is 0 Å². The summed E-state index contributed by atoms with van der Waals surface area (Å²) in [7, 11) is 0. The quantitative estimate of drug-likeness (QED) is 0.0350. The van der Waals surface area contributed by atoms with Gasteiger partial charge >= 0.3 is 0 Å². The summed E-state index contributed by atoms with van der Waals surface area (Å²) in [5, 5.41) is 11.3. The molecule has 0 aromatic rings. The molecule has 0 aromatic heterocycles. The van der Waals surface area contributed by atoms with Crippen LogP contribution in [0.3, 0.4) is 0 Å². The highest BCUT2D eigenvalue weighted by Crippen LogP contribution is 2.26. The van der Waals surface area contributed by atoms with Crippen molar-refractivity contribution in [3.05, 3.63) is 0 Å². The molecule has 2 atom stereocenters. The average Bonchev–Trinajstić information content (AvgIpc) is 3.29. The fourth-order valence-electron chi connectivity index (χ4n) is 4.85. The number of hydrogen-bond donors (Lipinski definition) is 6. The molecule has 0 aromatic carbocycles. The number of amides is 5. The van der Waals surface area contributed by atoms with E-state index in [4.69, 9.17) is 20.9 Å². The first-order chi connectivity index (χ1) is 23.1. The van der Waals surface area contributed by atoms with Crippen LogP contribution in [-0.4, -0.2) is 121 Å². The number of nitrogens with zero attached hydrogens (tertiary/aromatic N) is 1. The fraction of sp³-hybridized carbons (Fsp3) is 0.818. The Bertz CT molecular complexity index is 1070. The Labute approximate surface area is 295 Å². The zero-order chi connectivity index (χ0) is 36.9. The molecule has 1 aliphatic heterocycles. The largest absolute Gasteiger partial charge is 0.378 e. The Morgan fingerprint density at radius 1 is 0.898 bits per heavy atom. The summed E-state index contributed by atoms with van der Waals surface area (Å²) in [5.74, 6) is -1.01. The van der Waals surface area contributed by atoms with Crippen molar-refractivity contribution < 1.29 is 38.2 Å². The Morgan fingerprint density at radius 2 is 1.53 bits per heavy atom. The second kappa shape index (κ2) is 23.7. The second-order valence-electron chi connectivity index (χ2n) is 13.3. The van der Waals surface area contributed by atoms with Gasteiger partial charge in [-0.05, 0) is 59.1 Å². The predicted molar refractivity (Wildman–Crippen MR) is 189 cm³/mol. The molecular formula is C33H61N7O8S. The molecule has 8 N–H and O–H groups in total. The molecule has 282 valence electrons. The van der Waals surface area contributed by atoms with Crippen molar-refractivity contribution in [2.75, 3.05) is 58.4 Å². The number of ketones is 1. The van der Waals surface area contributed by atoms with E-state index >= 15 is 0 Å². The molecule has 1 rings (SSSR count). The molecule has 1 heterocycles. The number of nitrogens with two attached hydrogens (primary N) is 2. The third kappa shape index (κ3) is 20.0. The number of nitrogens with one attached hydrogen (secondary N) is 4. The SMILES string of the molecule is CCCCSC1CC(=O)N(CCC(=O)NCCCCC(NC(C)(C)C(=O)CCC(=O)NCCOCCOCCNC(C)(C)N)C(N)=O)C1=O. The number of carbonyl (C=O) groups excluding carboxylic acids is 6. The molecule has 1 fully saturated rings. The van der Waals surface area contributed by atoms with Gasteiger partial charge in [-0.1, -0.05) is 13.3 Å². The molecule has 0 spiro atoms. The van der Waals surface area contributed by atoms with E-state index in [0.717, 1.165) is 18.6 Å². The lowest BCUT2D eigenvalue weighted by molar-refractivity contribution is -0.138. The van der Waals surface area contributed by atoms with Crippen molar-refractivity contribution in [3.63, 3.8) is 0 Å². The molecule has 2 unspecified atom stereocenters. The van der Waals surface area contributed by atoms with Gasteiger partial charge in [0.1, 0.15) is 0 Å². The molecule has 0 bridgehead atoms. The van der Waals surface area contributed by atoms with E-state index in [1.807, 2.05) is 13.8 Å². The molecule has 1 saturated heterocycles. The van der Waals surface area contributed by atoms with E-state index in [1.165, 1.54) is 16.7 Å². The summed E-state index contributed by atoms with van der Waals surface area (Å²) in [5.41, 5.74) is 9.88. The first-order valence-corrected chi connectivity index (χ1v) is 18.4. The van der Waals surface area contributed by atoms with Crippen LogP contribution in [0.1, 0.15) is 92.4 Å². The van der Waals surface area contributed by atoms with E-state index in [2.05, 4.69) is 28.2 Å². The number of likely N-dealkylation sites (tertiary alicyclic amines) is 1. The number of thioether (sulfide) groups is 1. The van der Waals surface area contributed by atoms with E-state index < -0.39 is 23.2 Å². The minimum atomic E-state index is -1.09. The predicted octanol–water partition coefficient (Wildman–Crippen LogP) is 0.329. The van der Waals surface area contributed by atoms with E-state index in [1.54, 1.807) is 13.8 Å². The van der Waals surface area contributed by atoms with Gasteiger partial charge in [-0.2, -0.15) is 0 Å². The van der Waals surface area contributed by atoms with Crippen LogP contribution in [0.25, 0.3) is 0 Å². The Kier molecular flexibility index (Phi) is 21.5. The van der Waals surface area contributed by atoms with Gasteiger partial charge < -0.3 is 31.6 Å². The highest BCUT2D eigenvalue weighted by atomic mass is 32.2. The Balaban J connectivity index is 2.24. The topological polar surface area (TPSA) is 224 Å². The normalized spacial score (nSPS) is 15.8. The maximum absolute atomic E-state index is 12.9. The average molecular weight is 716 g/mol. The molecule has 5 amide bonds. The molecule has 49 heavy (non-hydrogen) atoms. The van der Waals surface area contributed by atoms with Crippen LogP contribution >= 0.6 is 11.8 Å². The van der Waals surface area contributed by atoms with Crippen molar-refractivity contribution in [1.29, 1.82) is 0 Å². The van der Waals surface area contributed by atoms with E-state index in [-0.39, 0.29) is 66.9 Å². The van der Waals surface area contributed by atoms with Crippen LogP contribution in [0.5, 0.6) is 0 Å². The number of unbranched alkanes of at least 4 members (excludes halogenated alkanes) is 2. The third-order valence-electron chi connectivity index (χ3n) is 7.75. The van der Waals surface area contributed by atoms with Gasteiger partial charge in [-0.3, -0.25) is 44.3 Å².